The van der Waals surface area contributed by atoms with Crippen molar-refractivity contribution in [1.82, 2.24) is 4.90 Å². The van der Waals surface area contributed by atoms with Gasteiger partial charge >= 0.3 is 6.03 Å². The molecule has 2 aromatic rings. The zero-order valence-corrected chi connectivity index (χ0v) is 15.8. The average Bonchev–Trinajstić information content (AvgIpc) is 3.02. The molecule has 1 fully saturated rings. The molecule has 2 aromatic carbocycles. The number of urea groups is 1. The van der Waals surface area contributed by atoms with Gasteiger partial charge in [0.1, 0.15) is 6.54 Å². The van der Waals surface area contributed by atoms with Crippen molar-refractivity contribution in [3.63, 3.8) is 0 Å². The largest absolute Gasteiger partial charge is 0.493 e. The molecule has 0 radical (unpaired) electrons. The van der Waals surface area contributed by atoms with Crippen LogP contribution in [0.15, 0.2) is 42.5 Å². The summed E-state index contributed by atoms with van der Waals surface area (Å²) in [6.07, 6.45) is 0. The molecule has 1 aliphatic heterocycles. The quantitative estimate of drug-likeness (QED) is 0.823. The number of methoxy groups -OCH3 is 2. The molecule has 7 nitrogen and oxygen atoms in total. The van der Waals surface area contributed by atoms with E-state index in [9.17, 15) is 9.59 Å². The Morgan fingerprint density at radius 2 is 1.78 bits per heavy atom. The van der Waals surface area contributed by atoms with E-state index in [0.717, 1.165) is 5.69 Å². The number of anilines is 2. The minimum absolute atomic E-state index is 0.0305. The third-order valence-corrected chi connectivity index (χ3v) is 4.49. The first-order chi connectivity index (χ1) is 13.0. The van der Waals surface area contributed by atoms with Gasteiger partial charge in [0.05, 0.1) is 14.2 Å². The molecule has 0 atom stereocenters. The van der Waals surface area contributed by atoms with E-state index >= 15 is 0 Å². The van der Waals surface area contributed by atoms with Gasteiger partial charge in [0.15, 0.2) is 11.5 Å². The molecule has 8 heteroatoms. The summed E-state index contributed by atoms with van der Waals surface area (Å²) in [6, 6.07) is 11.9. The van der Waals surface area contributed by atoms with Gasteiger partial charge < -0.3 is 19.7 Å². The number of hydrogen-bond acceptors (Lipinski definition) is 4. The summed E-state index contributed by atoms with van der Waals surface area (Å²) in [5, 5.41) is 3.38. The Morgan fingerprint density at radius 3 is 2.44 bits per heavy atom. The molecule has 1 saturated heterocycles. The highest BCUT2D eigenvalue weighted by Crippen LogP contribution is 2.29. The average molecular weight is 390 g/mol. The number of nitrogens with zero attached hydrogens (tertiary/aromatic N) is 2. The van der Waals surface area contributed by atoms with Crippen LogP contribution in [0.3, 0.4) is 0 Å². The third kappa shape index (κ3) is 4.25. The minimum Gasteiger partial charge on any atom is -0.493 e. The van der Waals surface area contributed by atoms with E-state index in [4.69, 9.17) is 21.1 Å². The van der Waals surface area contributed by atoms with Gasteiger partial charge in [-0.25, -0.2) is 4.79 Å². The van der Waals surface area contributed by atoms with Gasteiger partial charge in [-0.05, 0) is 36.4 Å². The number of carbonyl (C=O) groups is 2. The maximum absolute atomic E-state index is 12.6. The predicted octanol–water partition coefficient (Wildman–Crippen LogP) is 3.24. The second kappa shape index (κ2) is 8.18. The number of rotatable bonds is 6. The summed E-state index contributed by atoms with van der Waals surface area (Å²) in [4.78, 5) is 28.0. The number of ether oxygens (including phenoxy) is 2. The molecule has 0 aromatic heterocycles. The summed E-state index contributed by atoms with van der Waals surface area (Å²) in [5.74, 6) is 0.804. The molecule has 1 heterocycles. The molecule has 1 N–H and O–H groups in total. The molecule has 0 spiro atoms. The smallest absolute Gasteiger partial charge is 0.325 e. The highest BCUT2D eigenvalue weighted by Gasteiger charge is 2.30. The van der Waals surface area contributed by atoms with Crippen LogP contribution >= 0.6 is 11.6 Å². The monoisotopic (exact) mass is 389 g/mol. The van der Waals surface area contributed by atoms with E-state index in [0.29, 0.717) is 35.3 Å². The predicted molar refractivity (Wildman–Crippen MR) is 104 cm³/mol. The topological polar surface area (TPSA) is 71.1 Å². The van der Waals surface area contributed by atoms with Crippen molar-refractivity contribution >= 4 is 34.9 Å². The van der Waals surface area contributed by atoms with E-state index in [-0.39, 0.29) is 18.5 Å². The molecule has 0 saturated carbocycles. The Kier molecular flexibility index (Phi) is 5.71. The lowest BCUT2D eigenvalue weighted by Crippen LogP contribution is -2.37. The standard InChI is InChI=1S/C19H20ClN3O4/c1-26-16-8-5-14(11-17(16)27-2)21-18(24)12-22-9-10-23(19(22)25)15-6-3-13(20)4-7-15/h3-8,11H,9-10,12H2,1-2H3,(H,21,24). The molecule has 0 unspecified atom stereocenters. The van der Waals surface area contributed by atoms with Crippen molar-refractivity contribution in [1.29, 1.82) is 0 Å². The first-order valence-electron chi connectivity index (χ1n) is 8.35. The van der Waals surface area contributed by atoms with Crippen LogP contribution < -0.4 is 19.7 Å². The summed E-state index contributed by atoms with van der Waals surface area (Å²) in [7, 11) is 3.07. The zero-order chi connectivity index (χ0) is 19.4. The molecular weight excluding hydrogens is 370 g/mol. The highest BCUT2D eigenvalue weighted by atomic mass is 35.5. The Morgan fingerprint density at radius 1 is 1.07 bits per heavy atom. The zero-order valence-electron chi connectivity index (χ0n) is 15.1. The maximum atomic E-state index is 12.6. The number of amides is 3. The van der Waals surface area contributed by atoms with Crippen molar-refractivity contribution in [2.24, 2.45) is 0 Å². The van der Waals surface area contributed by atoms with Crippen LogP contribution in [0.4, 0.5) is 16.2 Å². The first-order valence-corrected chi connectivity index (χ1v) is 8.73. The molecule has 3 amide bonds. The van der Waals surface area contributed by atoms with E-state index in [1.807, 2.05) is 0 Å². The molecule has 142 valence electrons. The van der Waals surface area contributed by atoms with Gasteiger partial charge in [-0.1, -0.05) is 11.6 Å². The summed E-state index contributed by atoms with van der Waals surface area (Å²) in [5.41, 5.74) is 1.33. The minimum atomic E-state index is -0.284. The van der Waals surface area contributed by atoms with E-state index in [1.165, 1.54) is 12.0 Å². The second-order valence-electron chi connectivity index (χ2n) is 5.95. The van der Waals surface area contributed by atoms with Crippen molar-refractivity contribution in [3.8, 4) is 11.5 Å². The number of benzene rings is 2. The first kappa shape index (κ1) is 18.8. The second-order valence-corrected chi connectivity index (χ2v) is 6.39. The van der Waals surface area contributed by atoms with Crippen LogP contribution in [0.25, 0.3) is 0 Å². The highest BCUT2D eigenvalue weighted by molar-refractivity contribution is 6.30. The molecule has 1 aliphatic rings. The lowest BCUT2D eigenvalue weighted by molar-refractivity contribution is -0.116. The fourth-order valence-corrected chi connectivity index (χ4v) is 3.00. The number of halogens is 1. The normalized spacial score (nSPS) is 13.7. The molecule has 0 aliphatic carbocycles. The Labute approximate surface area is 162 Å². The van der Waals surface area contributed by atoms with Crippen molar-refractivity contribution in [2.75, 3.05) is 44.1 Å². The lowest BCUT2D eigenvalue weighted by Gasteiger charge is -2.18. The van der Waals surface area contributed by atoms with E-state index < -0.39 is 0 Å². The third-order valence-electron chi connectivity index (χ3n) is 4.24. The maximum Gasteiger partial charge on any atom is 0.325 e. The Hall–Kier alpha value is -2.93. The van der Waals surface area contributed by atoms with Crippen molar-refractivity contribution in [3.05, 3.63) is 47.5 Å². The van der Waals surface area contributed by atoms with Gasteiger partial charge in [0.2, 0.25) is 5.91 Å². The Balaban J connectivity index is 1.61. The molecule has 3 rings (SSSR count). The van der Waals surface area contributed by atoms with Crippen LogP contribution in [0.1, 0.15) is 0 Å². The van der Waals surface area contributed by atoms with Gasteiger partial charge in [-0.15, -0.1) is 0 Å². The number of nitrogens with one attached hydrogen (secondary N) is 1. The van der Waals surface area contributed by atoms with Crippen LogP contribution in [0, 0.1) is 0 Å². The fraction of sp³-hybridized carbons (Fsp3) is 0.263. The van der Waals surface area contributed by atoms with Gasteiger partial charge in [0, 0.05) is 35.6 Å². The summed E-state index contributed by atoms with van der Waals surface area (Å²) in [6.45, 7) is 0.961. The van der Waals surface area contributed by atoms with Crippen molar-refractivity contribution < 1.29 is 19.1 Å². The number of hydrogen-bond donors (Lipinski definition) is 1. The van der Waals surface area contributed by atoms with E-state index in [1.54, 1.807) is 54.5 Å². The molecular formula is C19H20ClN3O4. The number of carbonyl (C=O) groups excluding carboxylic acids is 2. The van der Waals surface area contributed by atoms with Gasteiger partial charge in [0.25, 0.3) is 0 Å². The van der Waals surface area contributed by atoms with Crippen LogP contribution in [-0.4, -0.2) is 50.7 Å². The van der Waals surface area contributed by atoms with E-state index in [2.05, 4.69) is 5.32 Å². The fourth-order valence-electron chi connectivity index (χ4n) is 2.88. The summed E-state index contributed by atoms with van der Waals surface area (Å²) < 4.78 is 10.4. The molecule has 27 heavy (non-hydrogen) atoms. The van der Waals surface area contributed by atoms with Gasteiger partial charge in [-0.2, -0.15) is 0 Å². The van der Waals surface area contributed by atoms with Gasteiger partial charge in [-0.3, -0.25) is 9.69 Å². The van der Waals surface area contributed by atoms with Crippen LogP contribution in [0.5, 0.6) is 11.5 Å². The van der Waals surface area contributed by atoms with Crippen LogP contribution in [0.2, 0.25) is 5.02 Å². The van der Waals surface area contributed by atoms with Crippen molar-refractivity contribution in [2.45, 2.75) is 0 Å². The summed E-state index contributed by atoms with van der Waals surface area (Å²) >= 11 is 5.89. The van der Waals surface area contributed by atoms with Crippen LogP contribution in [-0.2, 0) is 4.79 Å². The SMILES string of the molecule is COc1ccc(NC(=O)CN2CCN(c3ccc(Cl)cc3)C2=O)cc1OC. The molecule has 0 bridgehead atoms. The lowest BCUT2D eigenvalue weighted by atomic mass is 10.2. The Bertz CT molecular complexity index is 841.